The predicted molar refractivity (Wildman–Crippen MR) is 102 cm³/mol. The van der Waals surface area contributed by atoms with E-state index in [1.54, 1.807) is 33.1 Å². The summed E-state index contributed by atoms with van der Waals surface area (Å²) in [5.41, 5.74) is 0.0659. The molecule has 7 nitrogen and oxygen atoms in total. The van der Waals surface area contributed by atoms with Gasteiger partial charge in [-0.15, -0.1) is 11.8 Å². The van der Waals surface area contributed by atoms with Crippen LogP contribution >= 0.6 is 11.8 Å². The molecule has 0 fully saturated rings. The molecule has 0 saturated carbocycles. The lowest BCUT2D eigenvalue weighted by molar-refractivity contribution is -0.113. The second-order valence-corrected chi connectivity index (χ2v) is 6.58. The van der Waals surface area contributed by atoms with E-state index in [2.05, 4.69) is 5.32 Å². The average molecular weight is 391 g/mol. The van der Waals surface area contributed by atoms with Crippen molar-refractivity contribution in [2.45, 2.75) is 25.7 Å². The fraction of sp³-hybridized carbons (Fsp3) is 0.316. The molecule has 0 unspecified atom stereocenters. The van der Waals surface area contributed by atoms with Crippen molar-refractivity contribution in [1.82, 2.24) is 0 Å². The number of esters is 1. The first kappa shape index (κ1) is 20.6. The third-order valence-corrected chi connectivity index (χ3v) is 4.61. The van der Waals surface area contributed by atoms with E-state index in [0.29, 0.717) is 0 Å². The number of Topliss-reactive ketones (excluding diaryl/α,β-unsaturated/α-hetero) is 1. The second kappa shape index (κ2) is 9.27. The maximum Gasteiger partial charge on any atom is 0.344 e. The fourth-order valence-corrected chi connectivity index (χ4v) is 3.14. The van der Waals surface area contributed by atoms with Gasteiger partial charge in [0.1, 0.15) is 17.1 Å². The van der Waals surface area contributed by atoms with Crippen LogP contribution in [0.15, 0.2) is 33.6 Å². The Bertz CT molecular complexity index is 841. The van der Waals surface area contributed by atoms with E-state index >= 15 is 0 Å². The highest BCUT2D eigenvalue weighted by molar-refractivity contribution is 8.00. The number of thioether (sulfide) groups is 1. The molecule has 0 spiro atoms. The summed E-state index contributed by atoms with van der Waals surface area (Å²) in [5, 5.41) is 2.55. The number of aryl methyl sites for hydroxylation is 1. The first-order valence-corrected chi connectivity index (χ1v) is 9.24. The molecule has 1 aromatic carbocycles. The van der Waals surface area contributed by atoms with Crippen LogP contribution in [0.5, 0.6) is 5.75 Å². The predicted octanol–water partition coefficient (Wildman–Crippen LogP) is 3.71. The van der Waals surface area contributed by atoms with Gasteiger partial charge in [-0.3, -0.25) is 14.9 Å². The van der Waals surface area contributed by atoms with Gasteiger partial charge in [0.05, 0.1) is 25.0 Å². The van der Waals surface area contributed by atoms with Crippen LogP contribution in [0, 0.1) is 6.92 Å². The molecule has 0 radical (unpaired) electrons. The minimum Gasteiger partial charge on any atom is -0.497 e. The largest absolute Gasteiger partial charge is 0.497 e. The highest BCUT2D eigenvalue weighted by Gasteiger charge is 2.28. The van der Waals surface area contributed by atoms with E-state index in [4.69, 9.17) is 13.9 Å². The Balaban J connectivity index is 2.13. The van der Waals surface area contributed by atoms with Crippen molar-refractivity contribution in [2.24, 2.45) is 0 Å². The number of amides is 1. The molecule has 2 rings (SSSR count). The number of furan rings is 1. The summed E-state index contributed by atoms with van der Waals surface area (Å²) in [6.07, 6.45) is 0. The van der Waals surface area contributed by atoms with E-state index in [0.717, 1.165) is 10.6 Å². The lowest BCUT2D eigenvalue weighted by Gasteiger charge is -2.06. The molecule has 0 aliphatic rings. The Labute approximate surface area is 161 Å². The number of carbonyl (C=O) groups excluding carboxylic acids is 3. The van der Waals surface area contributed by atoms with Crippen molar-refractivity contribution < 1.29 is 28.3 Å². The molecule has 27 heavy (non-hydrogen) atoms. The Morgan fingerprint density at radius 1 is 1.15 bits per heavy atom. The molecule has 0 aliphatic heterocycles. The first-order valence-electron chi connectivity index (χ1n) is 8.25. The van der Waals surface area contributed by atoms with Gasteiger partial charge in [0.15, 0.2) is 5.78 Å². The molecule has 2 aromatic rings. The van der Waals surface area contributed by atoms with E-state index in [1.165, 1.54) is 18.7 Å². The summed E-state index contributed by atoms with van der Waals surface area (Å²) in [7, 11) is 1.58. The average Bonchev–Trinajstić information content (AvgIpc) is 2.96. The van der Waals surface area contributed by atoms with Gasteiger partial charge in [0.25, 0.3) is 0 Å². The van der Waals surface area contributed by atoms with Gasteiger partial charge in [-0.1, -0.05) is 0 Å². The third-order valence-electron chi connectivity index (χ3n) is 3.60. The number of hydrogen-bond acceptors (Lipinski definition) is 7. The maximum absolute atomic E-state index is 12.3. The van der Waals surface area contributed by atoms with E-state index in [1.807, 2.05) is 12.1 Å². The SMILES string of the molecule is CCOC(=O)c1c(NC(=O)CSc2ccc(OC)cc2)oc(C)c1C(C)=O. The van der Waals surface area contributed by atoms with Crippen LogP contribution in [0.4, 0.5) is 5.88 Å². The molecular weight excluding hydrogens is 370 g/mol. The fourth-order valence-electron chi connectivity index (χ4n) is 2.44. The number of hydrogen-bond donors (Lipinski definition) is 1. The molecule has 0 saturated heterocycles. The lowest BCUT2D eigenvalue weighted by atomic mass is 10.1. The van der Waals surface area contributed by atoms with Crippen LogP contribution in [0.25, 0.3) is 0 Å². The zero-order valence-corrected chi connectivity index (χ0v) is 16.4. The third kappa shape index (κ3) is 5.13. The zero-order valence-electron chi connectivity index (χ0n) is 15.6. The van der Waals surface area contributed by atoms with Gasteiger partial charge in [-0.2, -0.15) is 0 Å². The number of anilines is 1. The number of ether oxygens (including phenoxy) is 2. The van der Waals surface area contributed by atoms with Gasteiger partial charge in [0, 0.05) is 4.90 Å². The van der Waals surface area contributed by atoms with Crippen LogP contribution in [-0.4, -0.2) is 37.1 Å². The molecule has 1 N–H and O–H groups in total. The Morgan fingerprint density at radius 3 is 2.37 bits per heavy atom. The van der Waals surface area contributed by atoms with Crippen LogP contribution < -0.4 is 10.1 Å². The summed E-state index contributed by atoms with van der Waals surface area (Å²) in [4.78, 5) is 37.2. The van der Waals surface area contributed by atoms with Crippen molar-refractivity contribution in [2.75, 3.05) is 24.8 Å². The number of ketones is 1. The molecule has 1 aromatic heterocycles. The normalized spacial score (nSPS) is 10.4. The monoisotopic (exact) mass is 391 g/mol. The topological polar surface area (TPSA) is 94.8 Å². The Kier molecular flexibility index (Phi) is 7.06. The second-order valence-electron chi connectivity index (χ2n) is 5.53. The minimum absolute atomic E-state index is 0.0513. The quantitative estimate of drug-likeness (QED) is 0.416. The van der Waals surface area contributed by atoms with E-state index in [9.17, 15) is 14.4 Å². The number of carbonyl (C=O) groups is 3. The summed E-state index contributed by atoms with van der Waals surface area (Å²) in [5.74, 6) is -0.412. The maximum atomic E-state index is 12.3. The molecule has 1 amide bonds. The van der Waals surface area contributed by atoms with E-state index in [-0.39, 0.29) is 46.8 Å². The molecule has 1 heterocycles. The van der Waals surface area contributed by atoms with Crippen molar-refractivity contribution in [3.63, 3.8) is 0 Å². The smallest absolute Gasteiger partial charge is 0.344 e. The van der Waals surface area contributed by atoms with Gasteiger partial charge in [-0.25, -0.2) is 4.79 Å². The molecular formula is C19H21NO6S. The lowest BCUT2D eigenvalue weighted by Crippen LogP contribution is -2.17. The Hall–Kier alpha value is -2.74. The van der Waals surface area contributed by atoms with Gasteiger partial charge < -0.3 is 13.9 Å². The molecule has 144 valence electrons. The summed E-state index contributed by atoms with van der Waals surface area (Å²) in [6, 6.07) is 7.28. The van der Waals surface area contributed by atoms with Gasteiger partial charge in [0.2, 0.25) is 11.8 Å². The first-order chi connectivity index (χ1) is 12.9. The zero-order chi connectivity index (χ0) is 20.0. The highest BCUT2D eigenvalue weighted by Crippen LogP contribution is 2.29. The van der Waals surface area contributed by atoms with Crippen molar-refractivity contribution in [3.05, 3.63) is 41.2 Å². The van der Waals surface area contributed by atoms with Crippen LogP contribution in [0.2, 0.25) is 0 Å². The molecule has 0 atom stereocenters. The van der Waals surface area contributed by atoms with Crippen molar-refractivity contribution in [3.8, 4) is 5.75 Å². The summed E-state index contributed by atoms with van der Waals surface area (Å²) >= 11 is 1.32. The Morgan fingerprint density at radius 2 is 1.81 bits per heavy atom. The van der Waals surface area contributed by atoms with Gasteiger partial charge >= 0.3 is 5.97 Å². The molecule has 8 heteroatoms. The van der Waals surface area contributed by atoms with Crippen LogP contribution in [0.1, 0.15) is 40.3 Å². The molecule has 0 bridgehead atoms. The summed E-state index contributed by atoms with van der Waals surface area (Å²) < 4.78 is 15.5. The van der Waals surface area contributed by atoms with Crippen LogP contribution in [-0.2, 0) is 9.53 Å². The summed E-state index contributed by atoms with van der Waals surface area (Å²) in [6.45, 7) is 4.68. The number of benzene rings is 1. The number of rotatable bonds is 8. The number of methoxy groups -OCH3 is 1. The minimum atomic E-state index is -0.711. The standard InChI is InChI=1S/C19H21NO6S/c1-5-25-19(23)17-16(11(2)21)12(3)26-18(17)20-15(22)10-27-14-8-6-13(24-4)7-9-14/h6-9H,5,10H2,1-4H3,(H,20,22). The molecule has 0 aliphatic carbocycles. The van der Waals surface area contributed by atoms with Crippen molar-refractivity contribution in [1.29, 1.82) is 0 Å². The number of nitrogens with one attached hydrogen (secondary N) is 1. The highest BCUT2D eigenvalue weighted by atomic mass is 32.2. The van der Waals surface area contributed by atoms with Crippen molar-refractivity contribution >= 4 is 35.3 Å². The van der Waals surface area contributed by atoms with Crippen LogP contribution in [0.3, 0.4) is 0 Å². The van der Waals surface area contributed by atoms with E-state index < -0.39 is 5.97 Å². The van der Waals surface area contributed by atoms with Gasteiger partial charge in [-0.05, 0) is 45.0 Å².